The monoisotopic (exact) mass is 337 g/mol. The standard InChI is InChI=1S/C19H19N3O3/c1-3-9-22-18(12-6-4-7-13(11-12)24-2)15-16(14-8-5-10-25-14)20-21-17(15)19(22)23/h4-8,10-11,18H,3,9H2,1-2H3,(H,20,21)/t18-/m0/s1. The number of rotatable bonds is 5. The van der Waals surface area contributed by atoms with Crippen LogP contribution in [0.5, 0.6) is 5.75 Å². The lowest BCUT2D eigenvalue weighted by Crippen LogP contribution is -2.30. The smallest absolute Gasteiger partial charge is 0.275 e. The molecule has 1 aromatic carbocycles. The third kappa shape index (κ3) is 2.41. The molecule has 4 rings (SSSR count). The van der Waals surface area contributed by atoms with Crippen molar-refractivity contribution in [3.63, 3.8) is 0 Å². The van der Waals surface area contributed by atoms with Crippen molar-refractivity contribution in [3.8, 4) is 17.2 Å². The minimum atomic E-state index is -0.212. The van der Waals surface area contributed by atoms with Crippen molar-refractivity contribution in [2.24, 2.45) is 0 Å². The first-order valence-corrected chi connectivity index (χ1v) is 8.31. The molecule has 0 unspecified atom stereocenters. The highest BCUT2D eigenvalue weighted by molar-refractivity contribution is 5.99. The van der Waals surface area contributed by atoms with E-state index in [1.165, 1.54) is 0 Å². The molecule has 1 aliphatic rings. The Morgan fingerprint density at radius 1 is 1.32 bits per heavy atom. The number of nitrogens with zero attached hydrogens (tertiary/aromatic N) is 2. The molecule has 0 aliphatic carbocycles. The van der Waals surface area contributed by atoms with E-state index in [1.54, 1.807) is 13.4 Å². The van der Waals surface area contributed by atoms with Gasteiger partial charge in [-0.3, -0.25) is 9.89 Å². The largest absolute Gasteiger partial charge is 0.497 e. The van der Waals surface area contributed by atoms with Gasteiger partial charge in [0.1, 0.15) is 11.4 Å². The molecular weight excluding hydrogens is 318 g/mol. The molecule has 1 atom stereocenters. The highest BCUT2D eigenvalue weighted by Gasteiger charge is 2.42. The first-order chi connectivity index (χ1) is 12.2. The summed E-state index contributed by atoms with van der Waals surface area (Å²) in [4.78, 5) is 14.8. The second kappa shape index (κ2) is 6.12. The zero-order valence-corrected chi connectivity index (χ0v) is 14.2. The van der Waals surface area contributed by atoms with Crippen LogP contribution >= 0.6 is 0 Å². The summed E-state index contributed by atoms with van der Waals surface area (Å²) >= 11 is 0. The summed E-state index contributed by atoms with van der Waals surface area (Å²) in [5, 5.41) is 7.25. The van der Waals surface area contributed by atoms with Crippen LogP contribution in [-0.4, -0.2) is 34.7 Å². The van der Waals surface area contributed by atoms with Gasteiger partial charge < -0.3 is 14.1 Å². The van der Waals surface area contributed by atoms with E-state index in [2.05, 4.69) is 17.1 Å². The van der Waals surface area contributed by atoms with E-state index in [0.717, 1.165) is 29.0 Å². The summed E-state index contributed by atoms with van der Waals surface area (Å²) in [6.45, 7) is 2.72. The number of ether oxygens (including phenoxy) is 1. The molecule has 0 spiro atoms. The SMILES string of the molecule is CCCN1C(=O)c2n[nH]c(-c3ccco3)c2[C@@H]1c1cccc(OC)c1. The van der Waals surface area contributed by atoms with Crippen LogP contribution in [0.1, 0.15) is 41.0 Å². The lowest BCUT2D eigenvalue weighted by atomic mass is 9.97. The van der Waals surface area contributed by atoms with Gasteiger partial charge in [0.25, 0.3) is 5.91 Å². The predicted molar refractivity (Wildman–Crippen MR) is 92.5 cm³/mol. The quantitative estimate of drug-likeness (QED) is 0.772. The van der Waals surface area contributed by atoms with Crippen LogP contribution in [0.3, 0.4) is 0 Å². The molecule has 25 heavy (non-hydrogen) atoms. The molecule has 1 N–H and O–H groups in total. The highest BCUT2D eigenvalue weighted by atomic mass is 16.5. The Bertz CT molecular complexity index is 899. The number of carbonyl (C=O) groups is 1. The van der Waals surface area contributed by atoms with Gasteiger partial charge in [0.15, 0.2) is 11.5 Å². The fourth-order valence-electron chi connectivity index (χ4n) is 3.43. The summed E-state index contributed by atoms with van der Waals surface area (Å²) in [5.74, 6) is 1.38. The van der Waals surface area contributed by atoms with Crippen molar-refractivity contribution in [2.75, 3.05) is 13.7 Å². The van der Waals surface area contributed by atoms with Gasteiger partial charge in [0.05, 0.1) is 19.4 Å². The average molecular weight is 337 g/mol. The van der Waals surface area contributed by atoms with Crippen LogP contribution in [-0.2, 0) is 0 Å². The molecule has 0 bridgehead atoms. The van der Waals surface area contributed by atoms with Crippen molar-refractivity contribution in [2.45, 2.75) is 19.4 Å². The van der Waals surface area contributed by atoms with E-state index in [-0.39, 0.29) is 11.9 Å². The van der Waals surface area contributed by atoms with Crippen LogP contribution in [0.2, 0.25) is 0 Å². The Morgan fingerprint density at radius 3 is 2.92 bits per heavy atom. The Kier molecular flexibility index (Phi) is 3.80. The van der Waals surface area contributed by atoms with Crippen molar-refractivity contribution in [1.82, 2.24) is 15.1 Å². The maximum atomic E-state index is 12.9. The van der Waals surface area contributed by atoms with Gasteiger partial charge in [0.2, 0.25) is 0 Å². The number of aromatic nitrogens is 2. The molecule has 1 amide bonds. The Morgan fingerprint density at radius 2 is 2.20 bits per heavy atom. The molecule has 6 nitrogen and oxygen atoms in total. The van der Waals surface area contributed by atoms with Crippen LogP contribution < -0.4 is 4.74 Å². The average Bonchev–Trinajstić information content (AvgIpc) is 3.34. The number of nitrogens with one attached hydrogen (secondary N) is 1. The number of carbonyl (C=O) groups excluding carboxylic acids is 1. The van der Waals surface area contributed by atoms with Gasteiger partial charge in [0, 0.05) is 12.1 Å². The van der Waals surface area contributed by atoms with Gasteiger partial charge in [-0.25, -0.2) is 0 Å². The van der Waals surface area contributed by atoms with Crippen molar-refractivity contribution in [3.05, 3.63) is 59.5 Å². The van der Waals surface area contributed by atoms with Crippen LogP contribution in [0.4, 0.5) is 0 Å². The number of hydrogen-bond acceptors (Lipinski definition) is 4. The molecule has 1 aliphatic heterocycles. The highest BCUT2D eigenvalue weighted by Crippen LogP contribution is 2.43. The molecule has 0 saturated heterocycles. The lowest BCUT2D eigenvalue weighted by Gasteiger charge is -2.26. The number of furan rings is 1. The molecule has 3 aromatic rings. The number of fused-ring (bicyclic) bond motifs is 1. The molecular formula is C19H19N3O3. The Hall–Kier alpha value is -3.02. The summed E-state index contributed by atoms with van der Waals surface area (Å²) in [6, 6.07) is 11.3. The van der Waals surface area contributed by atoms with E-state index in [9.17, 15) is 4.79 Å². The second-order valence-corrected chi connectivity index (χ2v) is 6.02. The van der Waals surface area contributed by atoms with Crippen LogP contribution in [0.15, 0.2) is 47.1 Å². The van der Waals surface area contributed by atoms with Gasteiger partial charge in [-0.05, 0) is 36.2 Å². The Labute approximate surface area is 145 Å². The van der Waals surface area contributed by atoms with Crippen molar-refractivity contribution >= 4 is 5.91 Å². The van der Waals surface area contributed by atoms with Gasteiger partial charge in [-0.2, -0.15) is 5.10 Å². The summed E-state index contributed by atoms with van der Waals surface area (Å²) in [6.07, 6.45) is 2.49. The number of aromatic amines is 1. The Balaban J connectivity index is 1.89. The van der Waals surface area contributed by atoms with E-state index in [1.807, 2.05) is 41.3 Å². The normalized spacial score (nSPS) is 16.3. The number of benzene rings is 1. The maximum absolute atomic E-state index is 12.9. The first-order valence-electron chi connectivity index (χ1n) is 8.31. The van der Waals surface area contributed by atoms with E-state index in [0.29, 0.717) is 18.0 Å². The molecule has 128 valence electrons. The van der Waals surface area contributed by atoms with E-state index >= 15 is 0 Å². The van der Waals surface area contributed by atoms with Crippen LogP contribution in [0, 0.1) is 0 Å². The molecule has 2 aromatic heterocycles. The van der Waals surface area contributed by atoms with Gasteiger partial charge in [-0.15, -0.1) is 0 Å². The predicted octanol–water partition coefficient (Wildman–Crippen LogP) is 3.63. The first kappa shape index (κ1) is 15.5. The fraction of sp³-hybridized carbons (Fsp3) is 0.263. The van der Waals surface area contributed by atoms with E-state index < -0.39 is 0 Å². The number of amides is 1. The topological polar surface area (TPSA) is 71.4 Å². The molecule has 0 fully saturated rings. The summed E-state index contributed by atoms with van der Waals surface area (Å²) in [7, 11) is 1.64. The zero-order chi connectivity index (χ0) is 17.4. The molecule has 0 saturated carbocycles. The van der Waals surface area contributed by atoms with Gasteiger partial charge >= 0.3 is 0 Å². The van der Waals surface area contributed by atoms with Gasteiger partial charge in [-0.1, -0.05) is 19.1 Å². The summed E-state index contributed by atoms with van der Waals surface area (Å²) in [5.41, 5.74) is 3.07. The molecule has 6 heteroatoms. The molecule has 3 heterocycles. The minimum absolute atomic E-state index is 0.0567. The lowest BCUT2D eigenvalue weighted by molar-refractivity contribution is 0.0743. The van der Waals surface area contributed by atoms with Crippen LogP contribution in [0.25, 0.3) is 11.5 Å². The number of hydrogen-bond donors (Lipinski definition) is 1. The number of H-pyrrole nitrogens is 1. The maximum Gasteiger partial charge on any atom is 0.275 e. The third-order valence-electron chi connectivity index (χ3n) is 4.49. The minimum Gasteiger partial charge on any atom is -0.497 e. The number of methoxy groups -OCH3 is 1. The van der Waals surface area contributed by atoms with Crippen molar-refractivity contribution in [1.29, 1.82) is 0 Å². The third-order valence-corrected chi connectivity index (χ3v) is 4.49. The fourth-order valence-corrected chi connectivity index (χ4v) is 3.43. The molecule has 0 radical (unpaired) electrons. The van der Waals surface area contributed by atoms with E-state index in [4.69, 9.17) is 9.15 Å². The zero-order valence-electron chi connectivity index (χ0n) is 14.2. The summed E-state index contributed by atoms with van der Waals surface area (Å²) < 4.78 is 10.9. The van der Waals surface area contributed by atoms with Crippen molar-refractivity contribution < 1.29 is 13.9 Å². The second-order valence-electron chi connectivity index (χ2n) is 6.02.